The number of Topliss-reactive ketones (excluding diaryl/α,β-unsaturated/α-hetero) is 1. The highest BCUT2D eigenvalue weighted by atomic mass is 32.1. The van der Waals surface area contributed by atoms with Crippen molar-refractivity contribution < 1.29 is 19.1 Å². The molecule has 6 heteroatoms. The highest BCUT2D eigenvalue weighted by molar-refractivity contribution is 7.12. The third-order valence-electron chi connectivity index (χ3n) is 4.16. The number of carbonyl (C=O) groups is 3. The van der Waals surface area contributed by atoms with Gasteiger partial charge in [-0.3, -0.25) is 14.4 Å². The number of nitrogens with one attached hydrogen (secondary N) is 1. The maximum atomic E-state index is 12.0. The van der Waals surface area contributed by atoms with Crippen LogP contribution >= 0.6 is 11.3 Å². The summed E-state index contributed by atoms with van der Waals surface area (Å²) in [6, 6.07) is 3.53. The standard InChI is InChI=1S/C19H25NO4S/c1-14(19(23)20-12-11-15-6-3-2-4-7-15)24-18(22)10-9-16(21)17-8-5-13-25-17/h5-6,8,13-14H,2-4,7,9-12H2,1H3,(H,20,23)/t14-/m0/s1. The molecule has 0 saturated carbocycles. The Morgan fingerprint density at radius 3 is 2.80 bits per heavy atom. The second-order valence-electron chi connectivity index (χ2n) is 6.18. The topological polar surface area (TPSA) is 72.5 Å². The molecule has 0 spiro atoms. The molecule has 0 radical (unpaired) electrons. The van der Waals surface area contributed by atoms with E-state index in [2.05, 4.69) is 11.4 Å². The summed E-state index contributed by atoms with van der Waals surface area (Å²) in [5, 5.41) is 4.62. The van der Waals surface area contributed by atoms with E-state index in [4.69, 9.17) is 4.74 Å². The summed E-state index contributed by atoms with van der Waals surface area (Å²) in [6.45, 7) is 2.11. The molecule has 25 heavy (non-hydrogen) atoms. The van der Waals surface area contributed by atoms with E-state index in [1.807, 2.05) is 5.38 Å². The van der Waals surface area contributed by atoms with Crippen LogP contribution in [0.5, 0.6) is 0 Å². The molecule has 1 aliphatic carbocycles. The molecule has 1 N–H and O–H groups in total. The number of hydrogen-bond acceptors (Lipinski definition) is 5. The smallest absolute Gasteiger partial charge is 0.307 e. The van der Waals surface area contributed by atoms with E-state index in [9.17, 15) is 14.4 Å². The first kappa shape index (κ1) is 19.4. The van der Waals surface area contributed by atoms with E-state index in [-0.39, 0.29) is 24.5 Å². The fraction of sp³-hybridized carbons (Fsp3) is 0.526. The maximum Gasteiger partial charge on any atom is 0.307 e. The van der Waals surface area contributed by atoms with Gasteiger partial charge in [-0.2, -0.15) is 0 Å². The van der Waals surface area contributed by atoms with E-state index >= 15 is 0 Å². The van der Waals surface area contributed by atoms with Crippen LogP contribution in [-0.4, -0.2) is 30.3 Å². The molecule has 0 aromatic carbocycles. The number of esters is 1. The summed E-state index contributed by atoms with van der Waals surface area (Å²) < 4.78 is 5.11. The average Bonchev–Trinajstić information content (AvgIpc) is 3.15. The SMILES string of the molecule is C[C@H](OC(=O)CCC(=O)c1cccs1)C(=O)NCCC1=CCCCC1. The maximum absolute atomic E-state index is 12.0. The normalized spacial score (nSPS) is 15.2. The zero-order chi connectivity index (χ0) is 18.1. The molecule has 136 valence electrons. The Bertz CT molecular complexity index is 621. The van der Waals surface area contributed by atoms with Gasteiger partial charge in [0.15, 0.2) is 11.9 Å². The van der Waals surface area contributed by atoms with Gasteiger partial charge < -0.3 is 10.1 Å². The minimum atomic E-state index is -0.843. The van der Waals surface area contributed by atoms with Crippen molar-refractivity contribution in [2.45, 2.75) is 58.0 Å². The Kier molecular flexibility index (Phi) is 7.85. The molecule has 1 heterocycles. The van der Waals surface area contributed by atoms with Crippen molar-refractivity contribution in [1.29, 1.82) is 0 Å². The van der Waals surface area contributed by atoms with Crippen LogP contribution in [0.1, 0.15) is 61.5 Å². The van der Waals surface area contributed by atoms with Crippen LogP contribution in [0.15, 0.2) is 29.2 Å². The second kappa shape index (κ2) is 10.1. The largest absolute Gasteiger partial charge is 0.453 e. The van der Waals surface area contributed by atoms with Gasteiger partial charge in [0, 0.05) is 13.0 Å². The molecular formula is C19H25NO4S. The van der Waals surface area contributed by atoms with Gasteiger partial charge in [0.05, 0.1) is 11.3 Å². The van der Waals surface area contributed by atoms with Crippen LogP contribution in [0.4, 0.5) is 0 Å². The highest BCUT2D eigenvalue weighted by Gasteiger charge is 2.18. The summed E-state index contributed by atoms with van der Waals surface area (Å²) >= 11 is 1.35. The lowest BCUT2D eigenvalue weighted by Crippen LogP contribution is -2.36. The van der Waals surface area contributed by atoms with Crippen LogP contribution in [0.3, 0.4) is 0 Å². The van der Waals surface area contributed by atoms with Crippen LogP contribution in [-0.2, 0) is 14.3 Å². The third kappa shape index (κ3) is 6.82. The Hall–Kier alpha value is -1.95. The van der Waals surface area contributed by atoms with Gasteiger partial charge >= 0.3 is 5.97 Å². The van der Waals surface area contributed by atoms with Crippen molar-refractivity contribution >= 4 is 29.0 Å². The van der Waals surface area contributed by atoms with Crippen LogP contribution in [0, 0.1) is 0 Å². The Balaban J connectivity index is 1.63. The molecule has 5 nitrogen and oxygen atoms in total. The van der Waals surface area contributed by atoms with Crippen LogP contribution < -0.4 is 5.32 Å². The lowest BCUT2D eigenvalue weighted by Gasteiger charge is -2.15. The van der Waals surface area contributed by atoms with Crippen molar-refractivity contribution in [1.82, 2.24) is 5.32 Å². The summed E-state index contributed by atoms with van der Waals surface area (Å²) in [6.07, 6.45) is 7.05. The van der Waals surface area contributed by atoms with Gasteiger partial charge in [-0.1, -0.05) is 17.7 Å². The predicted molar refractivity (Wildman–Crippen MR) is 97.6 cm³/mol. The Morgan fingerprint density at radius 2 is 2.12 bits per heavy atom. The van der Waals surface area contributed by atoms with Gasteiger partial charge in [-0.05, 0) is 50.5 Å². The average molecular weight is 363 g/mol. The first-order chi connectivity index (χ1) is 12.1. The molecule has 0 bridgehead atoms. The zero-order valence-electron chi connectivity index (χ0n) is 14.6. The number of ketones is 1. The number of thiophene rings is 1. The van der Waals surface area contributed by atoms with E-state index in [1.165, 1.54) is 29.8 Å². The van der Waals surface area contributed by atoms with Gasteiger partial charge in [0.1, 0.15) is 0 Å². The molecule has 0 fully saturated rings. The van der Waals surface area contributed by atoms with Crippen molar-refractivity contribution in [3.63, 3.8) is 0 Å². The van der Waals surface area contributed by atoms with Gasteiger partial charge in [-0.15, -0.1) is 11.3 Å². The minimum absolute atomic E-state index is 0.0127. The van der Waals surface area contributed by atoms with Crippen molar-refractivity contribution in [3.05, 3.63) is 34.0 Å². The van der Waals surface area contributed by atoms with Crippen LogP contribution in [0.25, 0.3) is 0 Å². The van der Waals surface area contributed by atoms with E-state index in [0.29, 0.717) is 11.4 Å². The molecule has 1 aromatic rings. The van der Waals surface area contributed by atoms with Crippen molar-refractivity contribution in [2.24, 2.45) is 0 Å². The monoisotopic (exact) mass is 363 g/mol. The quantitative estimate of drug-likeness (QED) is 0.413. The van der Waals surface area contributed by atoms with Crippen molar-refractivity contribution in [3.8, 4) is 0 Å². The van der Waals surface area contributed by atoms with E-state index < -0.39 is 12.1 Å². The zero-order valence-corrected chi connectivity index (χ0v) is 15.4. The molecular weight excluding hydrogens is 338 g/mol. The number of ether oxygens (including phenoxy) is 1. The predicted octanol–water partition coefficient (Wildman–Crippen LogP) is 3.65. The van der Waals surface area contributed by atoms with Gasteiger partial charge in [0.25, 0.3) is 5.91 Å². The number of carbonyl (C=O) groups excluding carboxylic acids is 3. The molecule has 1 aromatic heterocycles. The number of hydrogen-bond donors (Lipinski definition) is 1. The van der Waals surface area contributed by atoms with E-state index in [0.717, 1.165) is 19.3 Å². The van der Waals surface area contributed by atoms with Gasteiger partial charge in [-0.25, -0.2) is 0 Å². The number of rotatable bonds is 9. The minimum Gasteiger partial charge on any atom is -0.453 e. The second-order valence-corrected chi connectivity index (χ2v) is 7.13. The summed E-state index contributed by atoms with van der Waals surface area (Å²) in [7, 11) is 0. The molecule has 0 saturated heterocycles. The Morgan fingerprint density at radius 1 is 1.28 bits per heavy atom. The molecule has 2 rings (SSSR count). The van der Waals surface area contributed by atoms with Crippen molar-refractivity contribution in [2.75, 3.05) is 6.54 Å². The fourth-order valence-electron chi connectivity index (χ4n) is 2.71. The number of amides is 1. The fourth-order valence-corrected chi connectivity index (χ4v) is 3.40. The Labute approximate surface area is 152 Å². The summed E-state index contributed by atoms with van der Waals surface area (Å²) in [5.74, 6) is -0.901. The molecule has 1 amide bonds. The molecule has 1 aliphatic rings. The number of allylic oxidation sites excluding steroid dienone is 1. The molecule has 0 aliphatic heterocycles. The summed E-state index contributed by atoms with van der Waals surface area (Å²) in [5.41, 5.74) is 1.39. The third-order valence-corrected chi connectivity index (χ3v) is 5.07. The van der Waals surface area contributed by atoms with Crippen LogP contribution in [0.2, 0.25) is 0 Å². The first-order valence-corrected chi connectivity index (χ1v) is 9.66. The lowest BCUT2D eigenvalue weighted by molar-refractivity contribution is -0.154. The highest BCUT2D eigenvalue weighted by Crippen LogP contribution is 2.19. The summed E-state index contributed by atoms with van der Waals surface area (Å²) in [4.78, 5) is 36.2. The lowest BCUT2D eigenvalue weighted by atomic mass is 9.97. The van der Waals surface area contributed by atoms with E-state index in [1.54, 1.807) is 19.1 Å². The molecule has 0 unspecified atom stereocenters. The first-order valence-electron chi connectivity index (χ1n) is 8.78. The van der Waals surface area contributed by atoms with Gasteiger partial charge in [0.2, 0.25) is 0 Å². The molecule has 1 atom stereocenters.